The first-order valence-corrected chi connectivity index (χ1v) is 6.55. The fourth-order valence-electron chi connectivity index (χ4n) is 2.14. The van der Waals surface area contributed by atoms with Crippen LogP contribution in [0.3, 0.4) is 0 Å². The summed E-state index contributed by atoms with van der Waals surface area (Å²) in [5, 5.41) is -0.152. The van der Waals surface area contributed by atoms with Crippen molar-refractivity contribution in [2.45, 2.75) is 51.6 Å². The Morgan fingerprint density at radius 1 is 1.29 bits per heavy atom. The summed E-state index contributed by atoms with van der Waals surface area (Å²) in [5.74, 6) is 0.548. The third kappa shape index (κ3) is 3.19. The molecule has 0 amide bonds. The van der Waals surface area contributed by atoms with E-state index in [1.54, 1.807) is 6.26 Å². The SMILES string of the molecule is CSC(=O)OC(C)(C)C1CCCCC1. The van der Waals surface area contributed by atoms with E-state index in [0.717, 1.165) is 11.8 Å². The van der Waals surface area contributed by atoms with E-state index in [4.69, 9.17) is 4.74 Å². The molecule has 0 heterocycles. The molecule has 1 aliphatic carbocycles. The summed E-state index contributed by atoms with van der Waals surface area (Å²) in [5.41, 5.74) is -0.277. The number of carbonyl (C=O) groups excluding carboxylic acids is 1. The van der Waals surface area contributed by atoms with Crippen molar-refractivity contribution >= 4 is 17.1 Å². The van der Waals surface area contributed by atoms with E-state index in [2.05, 4.69) is 0 Å². The number of ether oxygens (including phenoxy) is 1. The molecule has 1 aliphatic rings. The zero-order valence-electron chi connectivity index (χ0n) is 9.34. The van der Waals surface area contributed by atoms with Crippen LogP contribution < -0.4 is 0 Å². The van der Waals surface area contributed by atoms with Crippen LogP contribution >= 0.6 is 11.8 Å². The van der Waals surface area contributed by atoms with Crippen LogP contribution in [0, 0.1) is 5.92 Å². The molecule has 0 aromatic heterocycles. The van der Waals surface area contributed by atoms with Crippen LogP contribution in [0.5, 0.6) is 0 Å². The molecule has 1 fully saturated rings. The third-order valence-corrected chi connectivity index (χ3v) is 3.52. The van der Waals surface area contributed by atoms with Gasteiger partial charge in [0.15, 0.2) is 0 Å². The summed E-state index contributed by atoms with van der Waals surface area (Å²) >= 11 is 1.15. The van der Waals surface area contributed by atoms with E-state index in [1.807, 2.05) is 13.8 Å². The van der Waals surface area contributed by atoms with Crippen molar-refractivity contribution in [2.24, 2.45) is 5.92 Å². The van der Waals surface area contributed by atoms with Crippen molar-refractivity contribution in [3.05, 3.63) is 0 Å². The third-order valence-electron chi connectivity index (χ3n) is 3.10. The van der Waals surface area contributed by atoms with Crippen LogP contribution in [-0.4, -0.2) is 17.2 Å². The van der Waals surface area contributed by atoms with Crippen LogP contribution in [0.4, 0.5) is 4.79 Å². The van der Waals surface area contributed by atoms with E-state index in [1.165, 1.54) is 32.1 Å². The lowest BCUT2D eigenvalue weighted by Crippen LogP contribution is -2.36. The van der Waals surface area contributed by atoms with Gasteiger partial charge in [0.25, 0.3) is 0 Å². The molecule has 0 aromatic carbocycles. The highest BCUT2D eigenvalue weighted by Crippen LogP contribution is 2.35. The van der Waals surface area contributed by atoms with Crippen molar-refractivity contribution in [1.29, 1.82) is 0 Å². The van der Waals surface area contributed by atoms with E-state index < -0.39 is 0 Å². The molecule has 0 atom stereocenters. The van der Waals surface area contributed by atoms with Gasteiger partial charge in [-0.05, 0) is 50.6 Å². The minimum atomic E-state index is -0.277. The summed E-state index contributed by atoms with van der Waals surface area (Å²) in [4.78, 5) is 11.2. The largest absolute Gasteiger partial charge is 0.451 e. The Labute approximate surface area is 90.8 Å². The zero-order chi connectivity index (χ0) is 10.6. The lowest BCUT2D eigenvalue weighted by Gasteiger charge is -2.36. The van der Waals surface area contributed by atoms with Gasteiger partial charge in [-0.1, -0.05) is 19.3 Å². The number of hydrogen-bond acceptors (Lipinski definition) is 3. The number of thioether (sulfide) groups is 1. The van der Waals surface area contributed by atoms with E-state index >= 15 is 0 Å². The second-order valence-corrected chi connectivity index (χ2v) is 5.24. The number of hydrogen-bond donors (Lipinski definition) is 0. The van der Waals surface area contributed by atoms with Crippen molar-refractivity contribution in [2.75, 3.05) is 6.26 Å². The summed E-state index contributed by atoms with van der Waals surface area (Å²) in [7, 11) is 0. The lowest BCUT2D eigenvalue weighted by molar-refractivity contribution is -0.00519. The fourth-order valence-corrected chi connectivity index (χ4v) is 2.44. The van der Waals surface area contributed by atoms with E-state index in [0.29, 0.717) is 5.92 Å². The molecule has 1 rings (SSSR count). The minimum Gasteiger partial charge on any atom is -0.451 e. The molecule has 3 heteroatoms. The molecule has 0 N–H and O–H groups in total. The average Bonchev–Trinajstić information content (AvgIpc) is 2.18. The second kappa shape index (κ2) is 5.06. The van der Waals surface area contributed by atoms with E-state index in [9.17, 15) is 4.79 Å². The monoisotopic (exact) mass is 216 g/mol. The Morgan fingerprint density at radius 3 is 2.36 bits per heavy atom. The Hall–Kier alpha value is -0.180. The van der Waals surface area contributed by atoms with Crippen molar-refractivity contribution in [3.63, 3.8) is 0 Å². The van der Waals surface area contributed by atoms with Gasteiger partial charge in [0, 0.05) is 0 Å². The summed E-state index contributed by atoms with van der Waals surface area (Å²) in [6.07, 6.45) is 8.07. The Balaban J connectivity index is 2.49. The van der Waals surface area contributed by atoms with Gasteiger partial charge in [-0.15, -0.1) is 0 Å². The summed E-state index contributed by atoms with van der Waals surface area (Å²) in [6, 6.07) is 0. The highest BCUT2D eigenvalue weighted by Gasteiger charge is 2.33. The first-order valence-electron chi connectivity index (χ1n) is 5.33. The molecular formula is C11H20O2S. The normalized spacial score (nSPS) is 19.4. The summed E-state index contributed by atoms with van der Waals surface area (Å²) < 4.78 is 5.45. The lowest BCUT2D eigenvalue weighted by atomic mass is 9.79. The zero-order valence-corrected chi connectivity index (χ0v) is 10.2. The molecule has 0 saturated heterocycles. The Kier molecular flexibility index (Phi) is 4.30. The Bertz CT molecular complexity index is 195. The fraction of sp³-hybridized carbons (Fsp3) is 0.909. The highest BCUT2D eigenvalue weighted by molar-refractivity contribution is 8.12. The van der Waals surface area contributed by atoms with Gasteiger partial charge in [-0.25, -0.2) is 4.79 Å². The van der Waals surface area contributed by atoms with Gasteiger partial charge in [-0.2, -0.15) is 0 Å². The highest BCUT2D eigenvalue weighted by atomic mass is 32.2. The van der Waals surface area contributed by atoms with Crippen molar-refractivity contribution in [1.82, 2.24) is 0 Å². The molecule has 0 radical (unpaired) electrons. The minimum absolute atomic E-state index is 0.152. The van der Waals surface area contributed by atoms with Crippen LogP contribution in [0.25, 0.3) is 0 Å². The maximum Gasteiger partial charge on any atom is 0.367 e. The topological polar surface area (TPSA) is 26.3 Å². The maximum atomic E-state index is 11.2. The molecule has 82 valence electrons. The molecule has 0 aromatic rings. The van der Waals surface area contributed by atoms with E-state index in [-0.39, 0.29) is 10.9 Å². The second-order valence-electron chi connectivity index (χ2n) is 4.49. The molecule has 1 saturated carbocycles. The van der Waals surface area contributed by atoms with Gasteiger partial charge in [0.2, 0.25) is 0 Å². The predicted octanol–water partition coefficient (Wildman–Crippen LogP) is 3.84. The molecule has 0 aliphatic heterocycles. The van der Waals surface area contributed by atoms with Gasteiger partial charge < -0.3 is 4.74 Å². The first-order chi connectivity index (χ1) is 6.56. The molecule has 0 bridgehead atoms. The number of rotatable bonds is 2. The van der Waals surface area contributed by atoms with Crippen molar-refractivity contribution in [3.8, 4) is 0 Å². The predicted molar refractivity (Wildman–Crippen MR) is 60.7 cm³/mol. The molecular weight excluding hydrogens is 196 g/mol. The average molecular weight is 216 g/mol. The van der Waals surface area contributed by atoms with Gasteiger partial charge in [0.05, 0.1) is 0 Å². The molecule has 0 spiro atoms. The van der Waals surface area contributed by atoms with Gasteiger partial charge in [-0.3, -0.25) is 0 Å². The van der Waals surface area contributed by atoms with Crippen LogP contribution in [0.1, 0.15) is 46.0 Å². The maximum absolute atomic E-state index is 11.2. The standard InChI is InChI=1S/C11H20O2S/c1-11(2,13-10(12)14-3)9-7-5-4-6-8-9/h9H,4-8H2,1-3H3. The molecule has 14 heavy (non-hydrogen) atoms. The quantitative estimate of drug-likeness (QED) is 0.656. The van der Waals surface area contributed by atoms with Gasteiger partial charge >= 0.3 is 5.30 Å². The summed E-state index contributed by atoms with van der Waals surface area (Å²) in [6.45, 7) is 4.08. The number of carbonyl (C=O) groups is 1. The van der Waals surface area contributed by atoms with Crippen LogP contribution in [0.15, 0.2) is 0 Å². The van der Waals surface area contributed by atoms with Crippen LogP contribution in [-0.2, 0) is 4.74 Å². The molecule has 0 unspecified atom stereocenters. The smallest absolute Gasteiger partial charge is 0.367 e. The Morgan fingerprint density at radius 2 is 1.86 bits per heavy atom. The van der Waals surface area contributed by atoms with Gasteiger partial charge in [0.1, 0.15) is 5.60 Å². The van der Waals surface area contributed by atoms with Crippen LogP contribution in [0.2, 0.25) is 0 Å². The molecule has 2 nitrogen and oxygen atoms in total. The first kappa shape index (κ1) is 11.9. The van der Waals surface area contributed by atoms with Crippen molar-refractivity contribution < 1.29 is 9.53 Å².